The Morgan fingerprint density at radius 1 is 1.12 bits per heavy atom. The molecule has 26 heavy (non-hydrogen) atoms. The molecular weight excluding hydrogens is 393 g/mol. The summed E-state index contributed by atoms with van der Waals surface area (Å²) in [6.07, 6.45) is 0. The van der Waals surface area contributed by atoms with Crippen molar-refractivity contribution in [1.29, 1.82) is 0 Å². The van der Waals surface area contributed by atoms with Crippen LogP contribution >= 0.6 is 34.5 Å². The van der Waals surface area contributed by atoms with Crippen LogP contribution in [0.4, 0.5) is 0 Å². The van der Waals surface area contributed by atoms with Crippen molar-refractivity contribution in [3.8, 4) is 0 Å². The van der Waals surface area contributed by atoms with Gasteiger partial charge in [0.1, 0.15) is 0 Å². The number of nitrogens with one attached hydrogen (secondary N) is 1. The van der Waals surface area contributed by atoms with Gasteiger partial charge in [-0.15, -0.1) is 0 Å². The van der Waals surface area contributed by atoms with E-state index in [9.17, 15) is 9.59 Å². The third-order valence-corrected chi connectivity index (χ3v) is 5.55. The highest BCUT2D eigenvalue weighted by molar-refractivity contribution is 7.08. The van der Waals surface area contributed by atoms with Crippen molar-refractivity contribution < 1.29 is 9.59 Å². The molecule has 0 bridgehead atoms. The van der Waals surface area contributed by atoms with E-state index in [1.165, 1.54) is 11.3 Å². The van der Waals surface area contributed by atoms with Crippen LogP contribution < -0.4 is 5.32 Å². The van der Waals surface area contributed by atoms with E-state index in [0.717, 1.165) is 25.2 Å². The zero-order valence-electron chi connectivity index (χ0n) is 14.1. The molecule has 1 N–H and O–H groups in total. The Balaban J connectivity index is 1.41. The number of rotatable bonds is 5. The van der Waals surface area contributed by atoms with E-state index in [1.54, 1.807) is 18.2 Å². The fraction of sp³-hybridized carbons (Fsp3) is 0.333. The highest BCUT2D eigenvalue weighted by Gasteiger charge is 2.22. The molecular formula is C18H19Cl2N3O2S. The maximum absolute atomic E-state index is 12.3. The van der Waals surface area contributed by atoms with Gasteiger partial charge < -0.3 is 10.2 Å². The normalized spacial score (nSPS) is 15.1. The fourth-order valence-corrected chi connectivity index (χ4v) is 3.96. The van der Waals surface area contributed by atoms with Crippen LogP contribution in [0.5, 0.6) is 0 Å². The van der Waals surface area contributed by atoms with Crippen molar-refractivity contribution in [3.05, 3.63) is 56.2 Å². The van der Waals surface area contributed by atoms with Gasteiger partial charge in [0.15, 0.2) is 0 Å². The van der Waals surface area contributed by atoms with Crippen LogP contribution in [0.25, 0.3) is 0 Å². The smallest absolute Gasteiger partial charge is 0.254 e. The van der Waals surface area contributed by atoms with Crippen molar-refractivity contribution in [1.82, 2.24) is 15.1 Å². The summed E-state index contributed by atoms with van der Waals surface area (Å²) in [7, 11) is 0. The minimum atomic E-state index is -0.210. The fourth-order valence-electron chi connectivity index (χ4n) is 2.84. The van der Waals surface area contributed by atoms with Gasteiger partial charge in [0.2, 0.25) is 0 Å². The molecule has 0 saturated carbocycles. The first kappa shape index (κ1) is 19.2. The number of thiophene rings is 1. The van der Waals surface area contributed by atoms with Gasteiger partial charge in [-0.1, -0.05) is 23.2 Å². The Morgan fingerprint density at radius 3 is 2.54 bits per heavy atom. The van der Waals surface area contributed by atoms with Gasteiger partial charge in [-0.05, 0) is 29.6 Å². The molecule has 1 saturated heterocycles. The Bertz CT molecular complexity index is 775. The maximum Gasteiger partial charge on any atom is 0.254 e. The number of nitrogens with zero attached hydrogens (tertiary/aromatic N) is 2. The van der Waals surface area contributed by atoms with Crippen LogP contribution in [0.2, 0.25) is 10.0 Å². The Kier molecular flexibility index (Phi) is 6.53. The van der Waals surface area contributed by atoms with Crippen molar-refractivity contribution in [2.24, 2.45) is 0 Å². The number of amides is 2. The lowest BCUT2D eigenvalue weighted by molar-refractivity contribution is 0.0638. The summed E-state index contributed by atoms with van der Waals surface area (Å²) in [6.45, 7) is 4.26. The van der Waals surface area contributed by atoms with Gasteiger partial charge in [0.25, 0.3) is 11.8 Å². The van der Waals surface area contributed by atoms with Crippen molar-refractivity contribution in [3.63, 3.8) is 0 Å². The first-order valence-corrected chi connectivity index (χ1v) is 10.0. The molecule has 1 aliphatic rings. The van der Waals surface area contributed by atoms with E-state index in [1.807, 2.05) is 21.7 Å². The van der Waals surface area contributed by atoms with Crippen LogP contribution in [0.1, 0.15) is 20.7 Å². The Hall–Kier alpha value is -1.60. The summed E-state index contributed by atoms with van der Waals surface area (Å²) in [5, 5.41) is 7.52. The van der Waals surface area contributed by atoms with Crippen LogP contribution in [0, 0.1) is 0 Å². The summed E-state index contributed by atoms with van der Waals surface area (Å²) in [6, 6.07) is 6.68. The molecule has 1 aromatic heterocycles. The highest BCUT2D eigenvalue weighted by Crippen LogP contribution is 2.20. The summed E-state index contributed by atoms with van der Waals surface area (Å²) in [5.41, 5.74) is 1.18. The van der Waals surface area contributed by atoms with Gasteiger partial charge in [-0.3, -0.25) is 14.5 Å². The summed E-state index contributed by atoms with van der Waals surface area (Å²) >= 11 is 13.4. The van der Waals surface area contributed by atoms with Crippen LogP contribution in [-0.2, 0) is 0 Å². The molecule has 1 aliphatic heterocycles. The monoisotopic (exact) mass is 411 g/mol. The molecule has 0 radical (unpaired) electrons. The Morgan fingerprint density at radius 2 is 1.88 bits per heavy atom. The molecule has 1 aromatic carbocycles. The zero-order valence-corrected chi connectivity index (χ0v) is 16.4. The molecule has 0 atom stereocenters. The molecule has 0 unspecified atom stereocenters. The van der Waals surface area contributed by atoms with E-state index in [-0.39, 0.29) is 11.8 Å². The van der Waals surface area contributed by atoms with Gasteiger partial charge in [0.05, 0.1) is 16.1 Å². The lowest BCUT2D eigenvalue weighted by Crippen LogP contribution is -2.50. The number of piperazine rings is 1. The summed E-state index contributed by atoms with van der Waals surface area (Å²) < 4.78 is 0. The lowest BCUT2D eigenvalue weighted by Gasteiger charge is -2.34. The predicted octanol–water partition coefficient (Wildman–Crippen LogP) is 3.24. The topological polar surface area (TPSA) is 52.7 Å². The average Bonchev–Trinajstić information content (AvgIpc) is 3.16. The summed E-state index contributed by atoms with van der Waals surface area (Å²) in [5.74, 6) is -0.116. The molecule has 8 heteroatoms. The molecule has 2 aromatic rings. The number of carbonyl (C=O) groups is 2. The molecule has 1 fully saturated rings. The van der Waals surface area contributed by atoms with E-state index >= 15 is 0 Å². The first-order chi connectivity index (χ1) is 12.5. The number of hydrogen-bond donors (Lipinski definition) is 1. The van der Waals surface area contributed by atoms with Gasteiger partial charge in [0, 0.05) is 49.7 Å². The zero-order chi connectivity index (χ0) is 18.5. The second kappa shape index (κ2) is 8.86. The molecule has 0 aliphatic carbocycles. The van der Waals surface area contributed by atoms with Gasteiger partial charge in [-0.2, -0.15) is 11.3 Å². The Labute approximate surface area is 166 Å². The largest absolute Gasteiger partial charge is 0.351 e. The highest BCUT2D eigenvalue weighted by atomic mass is 35.5. The molecule has 5 nitrogen and oxygen atoms in total. The average molecular weight is 412 g/mol. The van der Waals surface area contributed by atoms with Crippen LogP contribution in [-0.4, -0.2) is 60.9 Å². The van der Waals surface area contributed by atoms with Crippen molar-refractivity contribution in [2.45, 2.75) is 0 Å². The van der Waals surface area contributed by atoms with Crippen molar-refractivity contribution in [2.75, 3.05) is 39.3 Å². The molecule has 3 rings (SSSR count). The lowest BCUT2D eigenvalue weighted by atomic mass is 10.2. The number of hydrogen-bond acceptors (Lipinski definition) is 4. The third-order valence-electron chi connectivity index (χ3n) is 4.32. The third kappa shape index (κ3) is 4.76. The maximum atomic E-state index is 12.3. The predicted molar refractivity (Wildman–Crippen MR) is 105 cm³/mol. The summed E-state index contributed by atoms with van der Waals surface area (Å²) in [4.78, 5) is 28.6. The van der Waals surface area contributed by atoms with E-state index in [4.69, 9.17) is 23.2 Å². The van der Waals surface area contributed by atoms with E-state index in [0.29, 0.717) is 35.2 Å². The van der Waals surface area contributed by atoms with E-state index < -0.39 is 0 Å². The number of halogens is 2. The van der Waals surface area contributed by atoms with E-state index in [2.05, 4.69) is 10.2 Å². The molecule has 138 valence electrons. The van der Waals surface area contributed by atoms with Crippen LogP contribution in [0.3, 0.4) is 0 Å². The quantitative estimate of drug-likeness (QED) is 0.821. The first-order valence-electron chi connectivity index (χ1n) is 8.31. The SMILES string of the molecule is O=C(NCCN1CCN(C(=O)c2ccsc2)CC1)c1ccc(Cl)cc1Cl. The van der Waals surface area contributed by atoms with Gasteiger partial charge in [-0.25, -0.2) is 0 Å². The molecule has 0 spiro atoms. The molecule has 2 amide bonds. The second-order valence-electron chi connectivity index (χ2n) is 6.03. The minimum Gasteiger partial charge on any atom is -0.351 e. The number of benzene rings is 1. The minimum absolute atomic E-state index is 0.0941. The standard InChI is InChI=1S/C18H19Cl2N3O2S/c19-14-1-2-15(16(20)11-14)17(24)21-4-5-22-6-8-23(9-7-22)18(25)13-3-10-26-12-13/h1-3,10-12H,4-9H2,(H,21,24). The second-order valence-corrected chi connectivity index (χ2v) is 7.65. The van der Waals surface area contributed by atoms with Crippen LogP contribution in [0.15, 0.2) is 35.0 Å². The number of carbonyl (C=O) groups excluding carboxylic acids is 2. The van der Waals surface area contributed by atoms with Crippen molar-refractivity contribution >= 4 is 46.4 Å². The molecule has 2 heterocycles. The van der Waals surface area contributed by atoms with Gasteiger partial charge >= 0.3 is 0 Å².